The lowest BCUT2D eigenvalue weighted by Crippen LogP contribution is -2.26. The van der Waals surface area contributed by atoms with E-state index in [0.29, 0.717) is 5.92 Å². The molecular weight excluding hydrogens is 290 g/mol. The Hall–Kier alpha value is -1.24. The normalized spacial score (nSPS) is 21.9. The number of ether oxygens (including phenoxy) is 1. The zero-order chi connectivity index (χ0) is 16.1. The fraction of sp³-hybridized carbons (Fsp3) is 0.765. The zero-order valence-electron chi connectivity index (χ0n) is 14.4. The lowest BCUT2D eigenvalue weighted by molar-refractivity contribution is 0.159. The van der Waals surface area contributed by atoms with Gasteiger partial charge in [-0.3, -0.25) is 0 Å². The molecule has 1 fully saturated rings. The number of aryl methyl sites for hydroxylation is 1. The fourth-order valence-electron chi connectivity index (χ4n) is 3.56. The van der Waals surface area contributed by atoms with Crippen molar-refractivity contribution in [3.8, 4) is 0 Å². The number of fused-ring (bicyclic) bond motifs is 1. The van der Waals surface area contributed by atoms with E-state index in [4.69, 9.17) is 4.74 Å². The van der Waals surface area contributed by atoms with Gasteiger partial charge in [-0.2, -0.15) is 0 Å². The topological polar surface area (TPSA) is 62.3 Å². The molecule has 0 aromatic carbocycles. The van der Waals surface area contributed by atoms with Crippen molar-refractivity contribution in [2.75, 3.05) is 58.3 Å². The summed E-state index contributed by atoms with van der Waals surface area (Å²) in [6.07, 6.45) is 3.27. The molecule has 2 aliphatic rings. The summed E-state index contributed by atoms with van der Waals surface area (Å²) < 4.78 is 5.18. The minimum Gasteiger partial charge on any atom is -0.383 e. The summed E-state index contributed by atoms with van der Waals surface area (Å²) in [5.74, 6) is 2.63. The highest BCUT2D eigenvalue weighted by atomic mass is 16.5. The molecule has 23 heavy (non-hydrogen) atoms. The SMILES string of the molecule is COCCN1CC[C@H](CNc2nc(C)nc3c2CCNCC3)C1. The zero-order valence-corrected chi connectivity index (χ0v) is 14.4. The summed E-state index contributed by atoms with van der Waals surface area (Å²) in [4.78, 5) is 11.8. The van der Waals surface area contributed by atoms with E-state index in [9.17, 15) is 0 Å². The van der Waals surface area contributed by atoms with E-state index in [2.05, 4.69) is 25.5 Å². The van der Waals surface area contributed by atoms with Crippen molar-refractivity contribution >= 4 is 5.82 Å². The molecule has 3 heterocycles. The molecule has 1 aromatic rings. The number of aromatic nitrogens is 2. The van der Waals surface area contributed by atoms with Crippen LogP contribution < -0.4 is 10.6 Å². The standard InChI is InChI=1S/C17H29N5O/c1-13-20-16-4-7-18-6-3-15(16)17(21-13)19-11-14-5-8-22(12-14)9-10-23-2/h14,18H,3-12H2,1-2H3,(H,19,20,21)/t14-/m1/s1. The van der Waals surface area contributed by atoms with Crippen LogP contribution in [0, 0.1) is 12.8 Å². The molecule has 0 spiro atoms. The largest absolute Gasteiger partial charge is 0.383 e. The first-order chi connectivity index (χ1) is 11.3. The quantitative estimate of drug-likeness (QED) is 0.811. The van der Waals surface area contributed by atoms with Crippen LogP contribution in [-0.2, 0) is 17.6 Å². The average molecular weight is 319 g/mol. The van der Waals surface area contributed by atoms with Crippen molar-refractivity contribution in [3.63, 3.8) is 0 Å². The summed E-state index contributed by atoms with van der Waals surface area (Å²) in [5, 5.41) is 7.07. The predicted octanol–water partition coefficient (Wildman–Crippen LogP) is 0.853. The molecule has 0 bridgehead atoms. The molecule has 1 atom stereocenters. The molecule has 1 saturated heterocycles. The highest BCUT2D eigenvalue weighted by molar-refractivity contribution is 5.47. The molecule has 128 valence electrons. The van der Waals surface area contributed by atoms with E-state index in [0.717, 1.165) is 63.8 Å². The molecule has 0 saturated carbocycles. The molecule has 0 radical (unpaired) electrons. The molecule has 6 nitrogen and oxygen atoms in total. The molecule has 0 amide bonds. The molecule has 1 aromatic heterocycles. The van der Waals surface area contributed by atoms with Gasteiger partial charge >= 0.3 is 0 Å². The molecule has 0 aliphatic carbocycles. The molecule has 2 aliphatic heterocycles. The number of likely N-dealkylation sites (tertiary alicyclic amines) is 1. The third kappa shape index (κ3) is 4.40. The predicted molar refractivity (Wildman–Crippen MR) is 92.0 cm³/mol. The summed E-state index contributed by atoms with van der Waals surface area (Å²) in [6.45, 7) is 9.23. The second-order valence-electron chi connectivity index (χ2n) is 6.62. The van der Waals surface area contributed by atoms with Crippen LogP contribution in [0.15, 0.2) is 0 Å². The fourth-order valence-corrected chi connectivity index (χ4v) is 3.56. The second-order valence-corrected chi connectivity index (χ2v) is 6.62. The van der Waals surface area contributed by atoms with Gasteiger partial charge in [0, 0.05) is 45.3 Å². The van der Waals surface area contributed by atoms with Crippen LogP contribution in [0.25, 0.3) is 0 Å². The van der Waals surface area contributed by atoms with Gasteiger partial charge < -0.3 is 20.3 Å². The van der Waals surface area contributed by atoms with Crippen molar-refractivity contribution in [2.24, 2.45) is 5.92 Å². The van der Waals surface area contributed by atoms with Crippen molar-refractivity contribution in [2.45, 2.75) is 26.2 Å². The van der Waals surface area contributed by atoms with Gasteiger partial charge in [-0.25, -0.2) is 9.97 Å². The van der Waals surface area contributed by atoms with Gasteiger partial charge in [0.2, 0.25) is 0 Å². The summed E-state index contributed by atoms with van der Waals surface area (Å²) in [7, 11) is 1.77. The van der Waals surface area contributed by atoms with Crippen molar-refractivity contribution in [1.82, 2.24) is 20.2 Å². The average Bonchev–Trinajstić information content (AvgIpc) is 2.87. The third-order valence-electron chi connectivity index (χ3n) is 4.83. The molecule has 2 N–H and O–H groups in total. The lowest BCUT2D eigenvalue weighted by atomic mass is 10.1. The number of nitrogens with zero attached hydrogens (tertiary/aromatic N) is 3. The Morgan fingerprint density at radius 2 is 2.17 bits per heavy atom. The van der Waals surface area contributed by atoms with Crippen molar-refractivity contribution in [3.05, 3.63) is 17.1 Å². The van der Waals surface area contributed by atoms with Gasteiger partial charge in [-0.05, 0) is 38.8 Å². The summed E-state index contributed by atoms with van der Waals surface area (Å²) in [5.41, 5.74) is 2.54. The number of nitrogens with one attached hydrogen (secondary N) is 2. The van der Waals surface area contributed by atoms with E-state index in [1.807, 2.05) is 6.92 Å². The van der Waals surface area contributed by atoms with Crippen LogP contribution in [0.1, 0.15) is 23.5 Å². The minimum atomic E-state index is 0.696. The monoisotopic (exact) mass is 319 g/mol. The van der Waals surface area contributed by atoms with Gasteiger partial charge in [-0.1, -0.05) is 0 Å². The van der Waals surface area contributed by atoms with Crippen LogP contribution >= 0.6 is 0 Å². The third-order valence-corrected chi connectivity index (χ3v) is 4.83. The van der Waals surface area contributed by atoms with Crippen molar-refractivity contribution < 1.29 is 4.74 Å². The Morgan fingerprint density at radius 1 is 1.30 bits per heavy atom. The molecule has 0 unspecified atom stereocenters. The molecule has 6 heteroatoms. The highest BCUT2D eigenvalue weighted by Gasteiger charge is 2.23. The molecular formula is C17H29N5O. The van der Waals surface area contributed by atoms with Gasteiger partial charge in [0.15, 0.2) is 0 Å². The Kier molecular flexibility index (Phi) is 5.80. The first-order valence-corrected chi connectivity index (χ1v) is 8.78. The number of anilines is 1. The number of rotatable bonds is 6. The van der Waals surface area contributed by atoms with E-state index >= 15 is 0 Å². The van der Waals surface area contributed by atoms with Crippen LogP contribution in [0.3, 0.4) is 0 Å². The second kappa shape index (κ2) is 8.04. The van der Waals surface area contributed by atoms with Crippen LogP contribution in [-0.4, -0.2) is 67.9 Å². The maximum absolute atomic E-state index is 5.18. The van der Waals surface area contributed by atoms with E-state index in [-0.39, 0.29) is 0 Å². The van der Waals surface area contributed by atoms with Gasteiger partial charge in [0.25, 0.3) is 0 Å². The first-order valence-electron chi connectivity index (χ1n) is 8.78. The maximum Gasteiger partial charge on any atom is 0.133 e. The number of hydrogen-bond acceptors (Lipinski definition) is 6. The minimum absolute atomic E-state index is 0.696. The Balaban J connectivity index is 1.59. The number of hydrogen-bond donors (Lipinski definition) is 2. The number of methoxy groups -OCH3 is 1. The lowest BCUT2D eigenvalue weighted by Gasteiger charge is -2.17. The van der Waals surface area contributed by atoms with Gasteiger partial charge in [0.1, 0.15) is 11.6 Å². The Morgan fingerprint density at radius 3 is 3.04 bits per heavy atom. The van der Waals surface area contributed by atoms with Gasteiger partial charge in [0.05, 0.1) is 12.3 Å². The first kappa shape index (κ1) is 16.6. The van der Waals surface area contributed by atoms with E-state index in [1.54, 1.807) is 7.11 Å². The molecule has 3 rings (SSSR count). The summed E-state index contributed by atoms with van der Waals surface area (Å²) in [6, 6.07) is 0. The van der Waals surface area contributed by atoms with Crippen LogP contribution in [0.4, 0.5) is 5.82 Å². The van der Waals surface area contributed by atoms with Crippen LogP contribution in [0.2, 0.25) is 0 Å². The highest BCUT2D eigenvalue weighted by Crippen LogP contribution is 2.22. The van der Waals surface area contributed by atoms with Crippen LogP contribution in [0.5, 0.6) is 0 Å². The Labute approximate surface area is 139 Å². The summed E-state index contributed by atoms with van der Waals surface area (Å²) >= 11 is 0. The van der Waals surface area contributed by atoms with E-state index < -0.39 is 0 Å². The van der Waals surface area contributed by atoms with Crippen molar-refractivity contribution in [1.29, 1.82) is 0 Å². The van der Waals surface area contributed by atoms with E-state index in [1.165, 1.54) is 24.2 Å². The Bertz CT molecular complexity index is 522. The smallest absolute Gasteiger partial charge is 0.133 e. The van der Waals surface area contributed by atoms with Gasteiger partial charge in [-0.15, -0.1) is 0 Å². The maximum atomic E-state index is 5.18.